The largest absolute Gasteiger partial charge is 0.497 e. The Morgan fingerprint density at radius 1 is 0.871 bits per heavy atom. The number of fused-ring (bicyclic) bond motifs is 1. The van der Waals surface area contributed by atoms with Crippen LogP contribution in [0.5, 0.6) is 23.0 Å². The number of benzene rings is 3. The molecule has 1 aliphatic rings. The highest BCUT2D eigenvalue weighted by molar-refractivity contribution is 5.94. The fourth-order valence-electron chi connectivity index (χ4n) is 3.61. The first-order valence-electron chi connectivity index (χ1n) is 10.1. The second-order valence-corrected chi connectivity index (χ2v) is 7.35. The van der Waals surface area contributed by atoms with E-state index in [9.17, 15) is 4.79 Å². The number of carbonyl (C=O) groups is 1. The van der Waals surface area contributed by atoms with Gasteiger partial charge in [0.05, 0.1) is 14.2 Å². The first-order chi connectivity index (χ1) is 15.1. The van der Waals surface area contributed by atoms with Gasteiger partial charge in [-0.1, -0.05) is 24.3 Å². The van der Waals surface area contributed by atoms with E-state index < -0.39 is 0 Å². The average Bonchev–Trinajstić information content (AvgIpc) is 3.27. The maximum Gasteiger partial charge on any atom is 0.251 e. The highest BCUT2D eigenvalue weighted by Gasteiger charge is 2.19. The summed E-state index contributed by atoms with van der Waals surface area (Å²) in [6.45, 7) is 0.237. The normalized spacial score (nSPS) is 12.8. The predicted molar refractivity (Wildman–Crippen MR) is 117 cm³/mol. The summed E-state index contributed by atoms with van der Waals surface area (Å²) < 4.78 is 21.4. The van der Waals surface area contributed by atoms with Crippen LogP contribution in [0.25, 0.3) is 0 Å². The Morgan fingerprint density at radius 2 is 1.58 bits per heavy atom. The summed E-state index contributed by atoms with van der Waals surface area (Å²) in [5.74, 6) is 2.79. The van der Waals surface area contributed by atoms with Gasteiger partial charge in [0.1, 0.15) is 11.5 Å². The Labute approximate surface area is 181 Å². The minimum absolute atomic E-state index is 0.118. The van der Waals surface area contributed by atoms with E-state index in [0.717, 1.165) is 28.4 Å². The first-order valence-corrected chi connectivity index (χ1v) is 10.1. The van der Waals surface area contributed by atoms with Crippen molar-refractivity contribution in [2.45, 2.75) is 18.9 Å². The summed E-state index contributed by atoms with van der Waals surface area (Å²) in [6, 6.07) is 20.8. The molecule has 0 spiro atoms. The lowest BCUT2D eigenvalue weighted by Crippen LogP contribution is -2.38. The molecule has 0 aromatic heterocycles. The highest BCUT2D eigenvalue weighted by Crippen LogP contribution is 2.33. The van der Waals surface area contributed by atoms with Crippen LogP contribution in [0.4, 0.5) is 0 Å². The van der Waals surface area contributed by atoms with Gasteiger partial charge in [-0.3, -0.25) is 4.79 Å². The van der Waals surface area contributed by atoms with Crippen LogP contribution < -0.4 is 24.3 Å². The number of hydrogen-bond acceptors (Lipinski definition) is 5. The summed E-state index contributed by atoms with van der Waals surface area (Å²) in [4.78, 5) is 13.0. The fraction of sp³-hybridized carbons (Fsp3) is 0.240. The van der Waals surface area contributed by atoms with Gasteiger partial charge in [-0.2, -0.15) is 0 Å². The molecule has 160 valence electrons. The molecule has 1 N–H and O–H groups in total. The molecular formula is C25H25NO5. The van der Waals surface area contributed by atoms with Gasteiger partial charge in [-0.05, 0) is 66.4 Å². The van der Waals surface area contributed by atoms with E-state index in [0.29, 0.717) is 24.2 Å². The molecular weight excluding hydrogens is 394 g/mol. The molecule has 0 fully saturated rings. The minimum atomic E-state index is -0.141. The first kappa shape index (κ1) is 20.6. The number of carbonyl (C=O) groups excluding carboxylic acids is 1. The van der Waals surface area contributed by atoms with Gasteiger partial charge in [0.2, 0.25) is 6.79 Å². The monoisotopic (exact) mass is 419 g/mol. The van der Waals surface area contributed by atoms with E-state index in [1.165, 1.54) is 0 Å². The third-order valence-electron chi connectivity index (χ3n) is 5.23. The Bertz CT molecular complexity index is 1050. The Morgan fingerprint density at radius 3 is 2.35 bits per heavy atom. The topological polar surface area (TPSA) is 66.0 Å². The van der Waals surface area contributed by atoms with Crippen molar-refractivity contribution in [3.8, 4) is 23.0 Å². The number of nitrogens with one attached hydrogen (secondary N) is 1. The number of methoxy groups -OCH3 is 2. The zero-order valence-electron chi connectivity index (χ0n) is 17.6. The zero-order valence-corrected chi connectivity index (χ0v) is 17.6. The van der Waals surface area contributed by atoms with E-state index in [2.05, 4.69) is 5.32 Å². The second-order valence-electron chi connectivity index (χ2n) is 7.35. The van der Waals surface area contributed by atoms with Crippen molar-refractivity contribution in [3.05, 3.63) is 83.4 Å². The molecule has 6 nitrogen and oxygen atoms in total. The Hall–Kier alpha value is -3.67. The third kappa shape index (κ3) is 5.09. The molecule has 3 aromatic rings. The highest BCUT2D eigenvalue weighted by atomic mass is 16.7. The van der Waals surface area contributed by atoms with Gasteiger partial charge in [0, 0.05) is 11.6 Å². The van der Waals surface area contributed by atoms with Crippen LogP contribution >= 0.6 is 0 Å². The predicted octanol–water partition coefficient (Wildman–Crippen LogP) is 4.02. The molecule has 1 atom stereocenters. The molecule has 1 aliphatic heterocycles. The van der Waals surface area contributed by atoms with E-state index in [-0.39, 0.29) is 18.7 Å². The molecule has 1 heterocycles. The van der Waals surface area contributed by atoms with Crippen LogP contribution in [-0.2, 0) is 12.8 Å². The molecule has 4 rings (SSSR count). The third-order valence-corrected chi connectivity index (χ3v) is 5.23. The lowest BCUT2D eigenvalue weighted by molar-refractivity contribution is 0.0936. The summed E-state index contributed by atoms with van der Waals surface area (Å²) >= 11 is 0. The number of rotatable bonds is 8. The molecule has 0 radical (unpaired) electrons. The van der Waals surface area contributed by atoms with Gasteiger partial charge < -0.3 is 24.3 Å². The maximum absolute atomic E-state index is 13.0. The molecule has 0 bridgehead atoms. The fourth-order valence-corrected chi connectivity index (χ4v) is 3.61. The number of ether oxygens (including phenoxy) is 4. The molecule has 0 saturated carbocycles. The van der Waals surface area contributed by atoms with Gasteiger partial charge in [-0.25, -0.2) is 0 Å². The number of hydrogen-bond donors (Lipinski definition) is 1. The molecule has 0 saturated heterocycles. The van der Waals surface area contributed by atoms with Crippen molar-refractivity contribution in [2.24, 2.45) is 0 Å². The molecule has 6 heteroatoms. The molecule has 0 unspecified atom stereocenters. The standard InChI is InChI=1S/C25H25NO5/c1-28-21-9-6-17(7-10-21)12-20(13-18-8-11-23-24(14-18)31-16-30-23)26-25(27)19-4-3-5-22(15-19)29-2/h3-11,14-15,20H,12-13,16H2,1-2H3,(H,26,27)/t20-/m1/s1. The van der Waals surface area contributed by atoms with Crippen molar-refractivity contribution in [2.75, 3.05) is 21.0 Å². The van der Waals surface area contributed by atoms with E-state index in [1.807, 2.05) is 54.6 Å². The van der Waals surface area contributed by atoms with Crippen molar-refractivity contribution < 1.29 is 23.7 Å². The van der Waals surface area contributed by atoms with E-state index >= 15 is 0 Å². The zero-order chi connectivity index (χ0) is 21.6. The second kappa shape index (κ2) is 9.43. The van der Waals surface area contributed by atoms with Crippen LogP contribution in [0.15, 0.2) is 66.7 Å². The molecule has 3 aromatic carbocycles. The van der Waals surface area contributed by atoms with Crippen LogP contribution in [0.1, 0.15) is 21.5 Å². The summed E-state index contributed by atoms with van der Waals surface area (Å²) in [6.07, 6.45) is 1.33. The van der Waals surface area contributed by atoms with Gasteiger partial charge in [0.15, 0.2) is 11.5 Å². The summed E-state index contributed by atoms with van der Waals surface area (Å²) in [7, 11) is 3.23. The van der Waals surface area contributed by atoms with Crippen LogP contribution in [0.2, 0.25) is 0 Å². The number of amides is 1. The Balaban J connectivity index is 1.54. The molecule has 1 amide bonds. The van der Waals surface area contributed by atoms with Crippen molar-refractivity contribution >= 4 is 5.91 Å². The van der Waals surface area contributed by atoms with Crippen molar-refractivity contribution in [1.82, 2.24) is 5.32 Å². The lowest BCUT2D eigenvalue weighted by Gasteiger charge is -2.20. The van der Waals surface area contributed by atoms with Crippen molar-refractivity contribution in [3.63, 3.8) is 0 Å². The summed E-state index contributed by atoms with van der Waals surface area (Å²) in [5, 5.41) is 3.18. The quantitative estimate of drug-likeness (QED) is 0.598. The average molecular weight is 419 g/mol. The molecule has 0 aliphatic carbocycles. The van der Waals surface area contributed by atoms with Crippen LogP contribution in [0.3, 0.4) is 0 Å². The SMILES string of the molecule is COc1ccc(C[C@H](Cc2ccc3c(c2)OCO3)NC(=O)c2cccc(OC)c2)cc1. The van der Waals surface area contributed by atoms with Crippen LogP contribution in [0, 0.1) is 0 Å². The lowest BCUT2D eigenvalue weighted by atomic mass is 9.98. The van der Waals surface area contributed by atoms with Gasteiger partial charge in [0.25, 0.3) is 5.91 Å². The molecule has 31 heavy (non-hydrogen) atoms. The minimum Gasteiger partial charge on any atom is -0.497 e. The van der Waals surface area contributed by atoms with E-state index in [4.69, 9.17) is 18.9 Å². The maximum atomic E-state index is 13.0. The van der Waals surface area contributed by atoms with Crippen LogP contribution in [-0.4, -0.2) is 33.0 Å². The smallest absolute Gasteiger partial charge is 0.251 e. The Kier molecular flexibility index (Phi) is 6.26. The van der Waals surface area contributed by atoms with Gasteiger partial charge >= 0.3 is 0 Å². The van der Waals surface area contributed by atoms with Crippen molar-refractivity contribution in [1.29, 1.82) is 0 Å². The summed E-state index contributed by atoms with van der Waals surface area (Å²) in [5.41, 5.74) is 2.73. The van der Waals surface area contributed by atoms with Gasteiger partial charge in [-0.15, -0.1) is 0 Å². The van der Waals surface area contributed by atoms with E-state index in [1.54, 1.807) is 26.4 Å².